The Labute approximate surface area is 128 Å². The quantitative estimate of drug-likeness (QED) is 0.681. The van der Waals surface area contributed by atoms with Crippen molar-refractivity contribution in [3.8, 4) is 5.75 Å². The lowest BCUT2D eigenvalue weighted by Crippen LogP contribution is -2.28. The molecule has 0 saturated heterocycles. The van der Waals surface area contributed by atoms with Crippen LogP contribution in [0.3, 0.4) is 0 Å². The van der Waals surface area contributed by atoms with Gasteiger partial charge in [0, 0.05) is 5.69 Å². The smallest absolute Gasteiger partial charge is 0.322 e. The van der Waals surface area contributed by atoms with Crippen molar-refractivity contribution in [2.45, 2.75) is 5.92 Å². The second kappa shape index (κ2) is 7.26. The highest BCUT2D eigenvalue weighted by Crippen LogP contribution is 2.21. The second-order valence-corrected chi connectivity index (χ2v) is 4.58. The van der Waals surface area contributed by atoms with E-state index in [1.165, 1.54) is 7.11 Å². The molecule has 114 valence electrons. The molecular formula is C17H17NO4. The lowest BCUT2D eigenvalue weighted by Gasteiger charge is -2.15. The average Bonchev–Trinajstić information content (AvgIpc) is 2.56. The van der Waals surface area contributed by atoms with Gasteiger partial charge < -0.3 is 14.8 Å². The Morgan fingerprint density at radius 1 is 0.955 bits per heavy atom. The third-order valence-corrected chi connectivity index (χ3v) is 3.19. The van der Waals surface area contributed by atoms with Gasteiger partial charge in [0.15, 0.2) is 5.92 Å². The Hall–Kier alpha value is -2.82. The molecule has 0 aliphatic rings. The average molecular weight is 299 g/mol. The minimum absolute atomic E-state index is 0.441. The highest BCUT2D eigenvalue weighted by atomic mass is 16.5. The zero-order valence-corrected chi connectivity index (χ0v) is 12.4. The van der Waals surface area contributed by atoms with Crippen LogP contribution in [0.5, 0.6) is 5.75 Å². The SMILES string of the molecule is COC(=O)C(C(=O)Nc1ccc(OC)cc1)c1ccccc1. The summed E-state index contributed by atoms with van der Waals surface area (Å²) in [7, 11) is 2.83. The molecule has 0 bridgehead atoms. The van der Waals surface area contributed by atoms with E-state index in [4.69, 9.17) is 9.47 Å². The van der Waals surface area contributed by atoms with E-state index in [9.17, 15) is 9.59 Å². The van der Waals surface area contributed by atoms with Gasteiger partial charge in [0.2, 0.25) is 5.91 Å². The third kappa shape index (κ3) is 3.63. The van der Waals surface area contributed by atoms with Crippen molar-refractivity contribution < 1.29 is 19.1 Å². The Kier molecular flexibility index (Phi) is 5.14. The number of benzene rings is 2. The molecule has 1 amide bonds. The number of hydrogen-bond donors (Lipinski definition) is 1. The number of esters is 1. The molecule has 0 heterocycles. The molecule has 0 saturated carbocycles. The first kappa shape index (κ1) is 15.6. The molecule has 1 atom stereocenters. The summed E-state index contributed by atoms with van der Waals surface area (Å²) in [6.45, 7) is 0. The largest absolute Gasteiger partial charge is 0.497 e. The van der Waals surface area contributed by atoms with E-state index in [1.807, 2.05) is 6.07 Å². The van der Waals surface area contributed by atoms with Gasteiger partial charge in [-0.2, -0.15) is 0 Å². The van der Waals surface area contributed by atoms with Crippen LogP contribution in [0.25, 0.3) is 0 Å². The van der Waals surface area contributed by atoms with Gasteiger partial charge in [-0.1, -0.05) is 30.3 Å². The van der Waals surface area contributed by atoms with Crippen molar-refractivity contribution in [1.82, 2.24) is 0 Å². The number of carbonyl (C=O) groups is 2. The van der Waals surface area contributed by atoms with Crippen molar-refractivity contribution >= 4 is 17.6 Å². The van der Waals surface area contributed by atoms with E-state index in [-0.39, 0.29) is 0 Å². The standard InChI is InChI=1S/C17H17NO4/c1-21-14-10-8-13(9-11-14)18-16(19)15(17(20)22-2)12-6-4-3-5-7-12/h3-11,15H,1-2H3,(H,18,19). The topological polar surface area (TPSA) is 64.6 Å². The zero-order chi connectivity index (χ0) is 15.9. The highest BCUT2D eigenvalue weighted by molar-refractivity contribution is 6.09. The zero-order valence-electron chi connectivity index (χ0n) is 12.4. The Bertz CT molecular complexity index is 637. The first-order valence-electron chi connectivity index (χ1n) is 6.73. The van der Waals surface area contributed by atoms with Crippen molar-refractivity contribution in [3.05, 3.63) is 60.2 Å². The molecule has 5 heteroatoms. The molecule has 2 aromatic carbocycles. The molecule has 1 unspecified atom stereocenters. The number of methoxy groups -OCH3 is 2. The van der Waals surface area contributed by atoms with Gasteiger partial charge >= 0.3 is 5.97 Å². The summed E-state index contributed by atoms with van der Waals surface area (Å²) in [5.41, 5.74) is 1.16. The maximum atomic E-state index is 12.4. The van der Waals surface area contributed by atoms with Crippen LogP contribution in [0.15, 0.2) is 54.6 Å². The van der Waals surface area contributed by atoms with Crippen LogP contribution in [0.1, 0.15) is 11.5 Å². The number of amides is 1. The maximum absolute atomic E-state index is 12.4. The monoisotopic (exact) mass is 299 g/mol. The highest BCUT2D eigenvalue weighted by Gasteiger charge is 2.29. The van der Waals surface area contributed by atoms with Crippen molar-refractivity contribution in [1.29, 1.82) is 0 Å². The van der Waals surface area contributed by atoms with E-state index >= 15 is 0 Å². The van der Waals surface area contributed by atoms with Gasteiger partial charge in [0.1, 0.15) is 5.75 Å². The predicted molar refractivity (Wildman–Crippen MR) is 82.8 cm³/mol. The fraction of sp³-hybridized carbons (Fsp3) is 0.176. The summed E-state index contributed by atoms with van der Waals surface area (Å²) in [6.07, 6.45) is 0. The molecule has 2 aromatic rings. The van der Waals surface area contributed by atoms with E-state index in [1.54, 1.807) is 55.6 Å². The fourth-order valence-corrected chi connectivity index (χ4v) is 2.05. The van der Waals surface area contributed by atoms with Gasteiger partial charge in [-0.25, -0.2) is 0 Å². The van der Waals surface area contributed by atoms with Crippen LogP contribution in [-0.2, 0) is 14.3 Å². The first-order chi connectivity index (χ1) is 10.7. The molecule has 22 heavy (non-hydrogen) atoms. The third-order valence-electron chi connectivity index (χ3n) is 3.19. The van der Waals surface area contributed by atoms with Gasteiger partial charge in [0.05, 0.1) is 14.2 Å². The van der Waals surface area contributed by atoms with Crippen LogP contribution in [0.2, 0.25) is 0 Å². The van der Waals surface area contributed by atoms with Crippen molar-refractivity contribution in [2.24, 2.45) is 0 Å². The van der Waals surface area contributed by atoms with Crippen molar-refractivity contribution in [2.75, 3.05) is 19.5 Å². The number of ether oxygens (including phenoxy) is 2. The number of rotatable bonds is 5. The lowest BCUT2D eigenvalue weighted by atomic mass is 9.98. The van der Waals surface area contributed by atoms with E-state index in [0.717, 1.165) is 0 Å². The molecule has 0 aliphatic carbocycles. The molecular weight excluding hydrogens is 282 g/mol. The summed E-state index contributed by atoms with van der Waals surface area (Å²) in [6, 6.07) is 15.7. The number of nitrogens with one attached hydrogen (secondary N) is 1. The minimum atomic E-state index is -1.01. The summed E-state index contributed by atoms with van der Waals surface area (Å²) in [5.74, 6) is -1.36. The predicted octanol–water partition coefficient (Wildman–Crippen LogP) is 2.59. The summed E-state index contributed by atoms with van der Waals surface area (Å²) < 4.78 is 9.80. The maximum Gasteiger partial charge on any atom is 0.322 e. The van der Waals surface area contributed by atoms with Gasteiger partial charge in [-0.05, 0) is 29.8 Å². The molecule has 0 radical (unpaired) electrons. The minimum Gasteiger partial charge on any atom is -0.497 e. The molecule has 0 aliphatic heterocycles. The van der Waals surface area contributed by atoms with E-state index in [0.29, 0.717) is 17.0 Å². The molecule has 1 N–H and O–H groups in total. The Morgan fingerprint density at radius 3 is 2.14 bits per heavy atom. The van der Waals surface area contributed by atoms with Crippen LogP contribution < -0.4 is 10.1 Å². The normalized spacial score (nSPS) is 11.4. The summed E-state index contributed by atoms with van der Waals surface area (Å²) >= 11 is 0. The first-order valence-corrected chi connectivity index (χ1v) is 6.73. The summed E-state index contributed by atoms with van der Waals surface area (Å²) in [4.78, 5) is 24.4. The Morgan fingerprint density at radius 2 is 1.59 bits per heavy atom. The summed E-state index contributed by atoms with van der Waals surface area (Å²) in [5, 5.41) is 2.71. The van der Waals surface area contributed by atoms with E-state index < -0.39 is 17.8 Å². The second-order valence-electron chi connectivity index (χ2n) is 4.58. The molecule has 5 nitrogen and oxygen atoms in total. The molecule has 2 rings (SSSR count). The van der Waals surface area contributed by atoms with Crippen LogP contribution >= 0.6 is 0 Å². The lowest BCUT2D eigenvalue weighted by molar-refractivity contribution is -0.145. The number of anilines is 1. The molecule has 0 aromatic heterocycles. The van der Waals surface area contributed by atoms with Crippen LogP contribution in [0, 0.1) is 0 Å². The molecule has 0 spiro atoms. The van der Waals surface area contributed by atoms with Crippen molar-refractivity contribution in [3.63, 3.8) is 0 Å². The number of hydrogen-bond acceptors (Lipinski definition) is 4. The van der Waals surface area contributed by atoms with E-state index in [2.05, 4.69) is 5.32 Å². The van der Waals surface area contributed by atoms with Gasteiger partial charge in [-0.3, -0.25) is 9.59 Å². The number of carbonyl (C=O) groups excluding carboxylic acids is 2. The molecule has 0 fully saturated rings. The Balaban J connectivity index is 2.20. The van der Waals surface area contributed by atoms with Gasteiger partial charge in [0.25, 0.3) is 0 Å². The fourth-order valence-electron chi connectivity index (χ4n) is 2.05. The van der Waals surface area contributed by atoms with Crippen LogP contribution in [0.4, 0.5) is 5.69 Å². The van der Waals surface area contributed by atoms with Gasteiger partial charge in [-0.15, -0.1) is 0 Å². The van der Waals surface area contributed by atoms with Crippen LogP contribution in [-0.4, -0.2) is 26.1 Å².